The summed E-state index contributed by atoms with van der Waals surface area (Å²) in [6.45, 7) is 4.80. The van der Waals surface area contributed by atoms with E-state index in [1.807, 2.05) is 13.8 Å². The molecular formula is C19H26BrFN6O3S. The molecule has 1 aromatic heterocycles. The quantitative estimate of drug-likeness (QED) is 0.537. The summed E-state index contributed by atoms with van der Waals surface area (Å²) in [4.78, 5) is 20.1. The van der Waals surface area contributed by atoms with Gasteiger partial charge in [0.1, 0.15) is 11.6 Å². The van der Waals surface area contributed by atoms with Gasteiger partial charge < -0.3 is 16.4 Å². The number of halogens is 2. The van der Waals surface area contributed by atoms with Crippen molar-refractivity contribution >= 4 is 49.3 Å². The van der Waals surface area contributed by atoms with Crippen molar-refractivity contribution in [3.8, 4) is 0 Å². The maximum atomic E-state index is 14.0. The van der Waals surface area contributed by atoms with Gasteiger partial charge in [0, 0.05) is 25.3 Å². The Morgan fingerprint density at radius 1 is 1.35 bits per heavy atom. The summed E-state index contributed by atoms with van der Waals surface area (Å²) in [6, 6.07) is 3.95. The number of benzene rings is 1. The SMILES string of the molecule is CC.CS(=O)(=O)N1CCC[C@@H](Nc2ncc(Br)c(Nc3cccc(F)c3C(N)=O)n2)C1. The molecule has 170 valence electrons. The van der Waals surface area contributed by atoms with Crippen molar-refractivity contribution in [2.75, 3.05) is 30.0 Å². The molecule has 1 aromatic carbocycles. The van der Waals surface area contributed by atoms with Crippen molar-refractivity contribution in [2.45, 2.75) is 32.7 Å². The van der Waals surface area contributed by atoms with Gasteiger partial charge in [0.15, 0.2) is 0 Å². The van der Waals surface area contributed by atoms with Crippen LogP contribution in [-0.4, -0.2) is 54.0 Å². The molecule has 3 rings (SSSR count). The lowest BCUT2D eigenvalue weighted by Gasteiger charge is -2.31. The van der Waals surface area contributed by atoms with E-state index >= 15 is 0 Å². The topological polar surface area (TPSA) is 130 Å². The van der Waals surface area contributed by atoms with Crippen LogP contribution in [0.5, 0.6) is 0 Å². The molecule has 1 amide bonds. The molecule has 1 atom stereocenters. The number of carbonyl (C=O) groups is 1. The molecule has 1 aliphatic rings. The molecule has 9 nitrogen and oxygen atoms in total. The van der Waals surface area contributed by atoms with E-state index in [9.17, 15) is 17.6 Å². The Morgan fingerprint density at radius 2 is 2.06 bits per heavy atom. The number of nitrogens with zero attached hydrogens (tertiary/aromatic N) is 3. The molecule has 12 heteroatoms. The predicted octanol–water partition coefficient (Wildman–Crippen LogP) is 3.08. The van der Waals surface area contributed by atoms with Crippen LogP contribution in [0, 0.1) is 5.82 Å². The van der Waals surface area contributed by atoms with Crippen LogP contribution in [0.4, 0.5) is 21.8 Å². The van der Waals surface area contributed by atoms with Crippen LogP contribution in [0.15, 0.2) is 28.9 Å². The third kappa shape index (κ3) is 6.58. The van der Waals surface area contributed by atoms with Crippen molar-refractivity contribution in [1.29, 1.82) is 0 Å². The van der Waals surface area contributed by atoms with E-state index in [0.717, 1.165) is 18.9 Å². The first-order chi connectivity index (χ1) is 14.6. The smallest absolute Gasteiger partial charge is 0.253 e. The highest BCUT2D eigenvalue weighted by atomic mass is 79.9. The molecule has 0 unspecified atom stereocenters. The van der Waals surface area contributed by atoms with Crippen molar-refractivity contribution in [1.82, 2.24) is 14.3 Å². The van der Waals surface area contributed by atoms with Gasteiger partial charge in [0.25, 0.3) is 5.91 Å². The van der Waals surface area contributed by atoms with E-state index in [4.69, 9.17) is 5.73 Å². The molecular weight excluding hydrogens is 491 g/mol. The summed E-state index contributed by atoms with van der Waals surface area (Å²) >= 11 is 3.32. The number of anilines is 3. The van der Waals surface area contributed by atoms with Crippen molar-refractivity contribution in [3.63, 3.8) is 0 Å². The van der Waals surface area contributed by atoms with E-state index in [0.29, 0.717) is 23.4 Å². The fourth-order valence-electron chi connectivity index (χ4n) is 3.07. The fraction of sp³-hybridized carbons (Fsp3) is 0.421. The minimum atomic E-state index is -3.27. The molecule has 0 aliphatic carbocycles. The highest BCUT2D eigenvalue weighted by Crippen LogP contribution is 2.28. The van der Waals surface area contributed by atoms with Gasteiger partial charge in [-0.1, -0.05) is 19.9 Å². The van der Waals surface area contributed by atoms with Gasteiger partial charge in [-0.15, -0.1) is 0 Å². The number of hydrogen-bond acceptors (Lipinski definition) is 7. The molecule has 2 aromatic rings. The summed E-state index contributed by atoms with van der Waals surface area (Å²) in [5.74, 6) is -1.08. The average Bonchev–Trinajstić information content (AvgIpc) is 2.71. The van der Waals surface area contributed by atoms with Crippen LogP contribution in [0.1, 0.15) is 37.0 Å². The van der Waals surface area contributed by atoms with Gasteiger partial charge in [0.2, 0.25) is 16.0 Å². The van der Waals surface area contributed by atoms with E-state index < -0.39 is 21.7 Å². The van der Waals surface area contributed by atoms with E-state index in [1.54, 1.807) is 0 Å². The Hall–Kier alpha value is -2.31. The Kier molecular flexibility index (Phi) is 8.71. The number of piperidine rings is 1. The molecule has 31 heavy (non-hydrogen) atoms. The monoisotopic (exact) mass is 516 g/mol. The number of carbonyl (C=O) groups excluding carboxylic acids is 1. The first kappa shape index (κ1) is 25.0. The summed E-state index contributed by atoms with van der Waals surface area (Å²) in [5.41, 5.74) is 5.18. The molecule has 0 bridgehead atoms. The molecule has 1 fully saturated rings. The van der Waals surface area contributed by atoms with E-state index in [1.165, 1.54) is 28.9 Å². The second-order valence-corrected chi connectivity index (χ2v) is 9.48. The lowest BCUT2D eigenvalue weighted by atomic mass is 10.1. The van der Waals surface area contributed by atoms with Gasteiger partial charge in [-0.3, -0.25) is 4.79 Å². The highest BCUT2D eigenvalue weighted by molar-refractivity contribution is 9.10. The second-order valence-electron chi connectivity index (χ2n) is 6.65. The number of sulfonamides is 1. The zero-order valence-electron chi connectivity index (χ0n) is 17.5. The molecule has 2 heterocycles. The molecule has 1 aliphatic heterocycles. The van der Waals surface area contributed by atoms with Crippen LogP contribution < -0.4 is 16.4 Å². The largest absolute Gasteiger partial charge is 0.365 e. The van der Waals surface area contributed by atoms with Crippen LogP contribution in [0.25, 0.3) is 0 Å². The Balaban J connectivity index is 0.00000166. The van der Waals surface area contributed by atoms with Crippen molar-refractivity contribution in [2.24, 2.45) is 5.73 Å². The van der Waals surface area contributed by atoms with Gasteiger partial charge in [-0.2, -0.15) is 4.98 Å². The van der Waals surface area contributed by atoms with Gasteiger partial charge in [-0.05, 0) is 40.9 Å². The normalized spacial score (nSPS) is 16.7. The zero-order chi connectivity index (χ0) is 23.2. The van der Waals surface area contributed by atoms with Crippen molar-refractivity contribution in [3.05, 3.63) is 40.2 Å². The predicted molar refractivity (Wildman–Crippen MR) is 122 cm³/mol. The van der Waals surface area contributed by atoms with Crippen LogP contribution in [-0.2, 0) is 10.0 Å². The first-order valence-corrected chi connectivity index (χ1v) is 12.4. The lowest BCUT2D eigenvalue weighted by Crippen LogP contribution is -2.44. The van der Waals surface area contributed by atoms with Crippen LogP contribution >= 0.6 is 15.9 Å². The molecule has 4 N–H and O–H groups in total. The average molecular weight is 517 g/mol. The number of nitrogens with one attached hydrogen (secondary N) is 2. The van der Waals surface area contributed by atoms with E-state index in [2.05, 4.69) is 36.5 Å². The lowest BCUT2D eigenvalue weighted by molar-refractivity contribution is 0.0997. The molecule has 0 radical (unpaired) electrons. The number of nitrogens with two attached hydrogens (primary N) is 1. The number of hydrogen-bond donors (Lipinski definition) is 3. The highest BCUT2D eigenvalue weighted by Gasteiger charge is 2.26. The maximum Gasteiger partial charge on any atom is 0.253 e. The van der Waals surface area contributed by atoms with Gasteiger partial charge in [0.05, 0.1) is 22.0 Å². The number of aromatic nitrogens is 2. The Bertz CT molecular complexity index is 1040. The van der Waals surface area contributed by atoms with Crippen LogP contribution in [0.3, 0.4) is 0 Å². The van der Waals surface area contributed by atoms with E-state index in [-0.39, 0.29) is 23.2 Å². The maximum absolute atomic E-state index is 14.0. The number of amides is 1. The number of rotatable bonds is 6. The molecule has 0 spiro atoms. The zero-order valence-corrected chi connectivity index (χ0v) is 19.9. The van der Waals surface area contributed by atoms with Gasteiger partial charge in [-0.25, -0.2) is 22.1 Å². The van der Waals surface area contributed by atoms with Gasteiger partial charge >= 0.3 is 0 Å². The summed E-state index contributed by atoms with van der Waals surface area (Å²) in [6.07, 6.45) is 4.17. The third-order valence-corrected chi connectivity index (χ3v) is 6.29. The minimum Gasteiger partial charge on any atom is -0.365 e. The molecule has 1 saturated heterocycles. The third-order valence-electron chi connectivity index (χ3n) is 4.44. The first-order valence-electron chi connectivity index (χ1n) is 9.74. The molecule has 0 saturated carbocycles. The Morgan fingerprint density at radius 3 is 2.71 bits per heavy atom. The standard InChI is InChI=1S/C17H20BrFN6O3S.C2H6/c1-29(27,28)25-7-3-4-10(9-25)22-17-21-8-11(18)16(24-17)23-13-6-2-5-12(19)14(13)15(20)26;1-2/h2,5-6,8,10H,3-4,7,9H2,1H3,(H2,20,26)(H2,21,22,23,24);1-2H3/t10-;/m1./s1. The summed E-state index contributed by atoms with van der Waals surface area (Å²) in [7, 11) is -3.27. The van der Waals surface area contributed by atoms with Crippen LogP contribution in [0.2, 0.25) is 0 Å². The van der Waals surface area contributed by atoms with Crippen molar-refractivity contribution < 1.29 is 17.6 Å². The minimum absolute atomic E-state index is 0.150. The second kappa shape index (κ2) is 10.8. The summed E-state index contributed by atoms with van der Waals surface area (Å²) < 4.78 is 39.4. The fourth-order valence-corrected chi connectivity index (χ4v) is 4.28. The summed E-state index contributed by atoms with van der Waals surface area (Å²) in [5, 5.41) is 6.02. The Labute approximate surface area is 189 Å². The number of primary amides is 1.